The van der Waals surface area contributed by atoms with E-state index in [9.17, 15) is 19.5 Å². The fourth-order valence-electron chi connectivity index (χ4n) is 6.14. The van der Waals surface area contributed by atoms with Crippen LogP contribution in [0.2, 0.25) is 5.15 Å². The van der Waals surface area contributed by atoms with Gasteiger partial charge < -0.3 is 25.0 Å². The van der Waals surface area contributed by atoms with Gasteiger partial charge in [0.05, 0.1) is 42.0 Å². The summed E-state index contributed by atoms with van der Waals surface area (Å²) in [7, 11) is 1.42. The van der Waals surface area contributed by atoms with Crippen molar-refractivity contribution in [3.63, 3.8) is 0 Å². The van der Waals surface area contributed by atoms with Crippen LogP contribution >= 0.6 is 11.6 Å². The summed E-state index contributed by atoms with van der Waals surface area (Å²) in [6, 6.07) is 5.10. The Hall–Kier alpha value is -4.78. The van der Waals surface area contributed by atoms with E-state index in [0.29, 0.717) is 28.1 Å². The molecule has 2 N–H and O–H groups in total. The lowest BCUT2D eigenvalue weighted by atomic mass is 9.98. The third-order valence-corrected chi connectivity index (χ3v) is 8.51. The topological polar surface area (TPSA) is 143 Å². The number of methoxy groups -OCH3 is 1. The van der Waals surface area contributed by atoms with Gasteiger partial charge in [0.2, 0.25) is 5.91 Å². The van der Waals surface area contributed by atoms with Crippen LogP contribution < -0.4 is 20.5 Å². The molecule has 1 fully saturated rings. The summed E-state index contributed by atoms with van der Waals surface area (Å²) in [5.74, 6) is -1.14. The summed E-state index contributed by atoms with van der Waals surface area (Å²) in [4.78, 5) is 56.5. The van der Waals surface area contributed by atoms with E-state index in [1.807, 2.05) is 27.7 Å². The first-order valence-electron chi connectivity index (χ1n) is 14.5. The molecule has 0 radical (unpaired) electrons. The number of hydrogen-bond acceptors (Lipinski definition) is 8. The van der Waals surface area contributed by atoms with Crippen LogP contribution in [0.25, 0.3) is 27.8 Å². The van der Waals surface area contributed by atoms with Gasteiger partial charge in [-0.05, 0) is 30.0 Å². The number of rotatable bonds is 5. The number of halogens is 2. The first-order valence-corrected chi connectivity index (χ1v) is 14.8. The van der Waals surface area contributed by atoms with Crippen molar-refractivity contribution in [2.24, 2.45) is 0 Å². The fraction of sp³-hybridized carbons (Fsp3) is 0.355. The summed E-state index contributed by atoms with van der Waals surface area (Å²) in [5.41, 5.74) is 1.78. The Morgan fingerprint density at radius 1 is 1.11 bits per heavy atom. The molecule has 6 rings (SSSR count). The molecule has 1 atom stereocenters. The number of carbonyl (C=O) groups is 2. The van der Waals surface area contributed by atoms with E-state index in [0.717, 1.165) is 4.90 Å². The molecule has 3 aromatic heterocycles. The monoisotopic (exact) mass is 635 g/mol. The molecule has 14 heteroatoms. The molecule has 0 bridgehead atoms. The van der Waals surface area contributed by atoms with E-state index in [1.54, 1.807) is 17.0 Å². The molecule has 0 saturated carbocycles. The van der Waals surface area contributed by atoms with Crippen LogP contribution in [-0.4, -0.2) is 74.3 Å². The van der Waals surface area contributed by atoms with Crippen LogP contribution in [0.15, 0.2) is 35.4 Å². The van der Waals surface area contributed by atoms with Crippen molar-refractivity contribution in [2.75, 3.05) is 37.0 Å². The molecule has 2 aliphatic heterocycles. The number of benzene rings is 1. The highest BCUT2D eigenvalue weighted by Gasteiger charge is 2.42. The quantitative estimate of drug-likeness (QED) is 0.289. The molecular weight excluding hydrogens is 605 g/mol. The number of carboxylic acid groups (broad SMARTS) is 1. The second kappa shape index (κ2) is 11.3. The standard InChI is InChI=1S/C31H31ClFN7O5/c1-14(2)22-26(23(15(3)4)35-13-34-22)40-28-17(11-16(27(32)37-28)21-18(33)7-6-8-20(21)45-5)25-24(30(40)42)36-29(41)19-12-38(31(43)44)9-10-39(19)25/h6-8,11,13-15,19H,9-10,12H2,1-5H3,(H,36,41)(H,43,44)/t19-/m1/s1. The van der Waals surface area contributed by atoms with Gasteiger partial charge in [0.1, 0.15) is 34.8 Å². The molecule has 1 saturated heterocycles. The lowest BCUT2D eigenvalue weighted by Gasteiger charge is -2.44. The Bertz CT molecular complexity index is 1920. The lowest BCUT2D eigenvalue weighted by Crippen LogP contribution is -2.61. The molecule has 0 aliphatic carbocycles. The van der Waals surface area contributed by atoms with Crippen molar-refractivity contribution in [1.29, 1.82) is 0 Å². The number of ether oxygens (including phenoxy) is 1. The fourth-order valence-corrected chi connectivity index (χ4v) is 6.37. The summed E-state index contributed by atoms with van der Waals surface area (Å²) < 4.78 is 22.2. The number of aromatic nitrogens is 4. The maximum atomic E-state index is 15.4. The number of fused-ring (bicyclic) bond motifs is 5. The number of nitrogens with zero attached hydrogens (tertiary/aromatic N) is 6. The molecule has 234 valence electrons. The third kappa shape index (κ3) is 4.82. The molecule has 2 amide bonds. The highest BCUT2D eigenvalue weighted by Crippen LogP contribution is 2.44. The molecule has 2 aliphatic rings. The average Bonchev–Trinajstić information content (AvgIpc) is 3.00. The largest absolute Gasteiger partial charge is 0.496 e. The van der Waals surface area contributed by atoms with Crippen LogP contribution in [0.4, 0.5) is 20.6 Å². The minimum absolute atomic E-state index is 0.0173. The maximum Gasteiger partial charge on any atom is 0.407 e. The summed E-state index contributed by atoms with van der Waals surface area (Å²) in [6.45, 7) is 7.89. The predicted molar refractivity (Wildman–Crippen MR) is 167 cm³/mol. The predicted octanol–water partition coefficient (Wildman–Crippen LogP) is 5.01. The highest BCUT2D eigenvalue weighted by molar-refractivity contribution is 6.33. The minimum Gasteiger partial charge on any atom is -0.496 e. The minimum atomic E-state index is -1.15. The molecule has 5 heterocycles. The first kappa shape index (κ1) is 30.3. The molecular formula is C31H31ClFN7O5. The van der Waals surface area contributed by atoms with Crippen molar-refractivity contribution in [1.82, 2.24) is 24.4 Å². The van der Waals surface area contributed by atoms with E-state index in [4.69, 9.17) is 21.3 Å². The lowest BCUT2D eigenvalue weighted by molar-refractivity contribution is -0.118. The van der Waals surface area contributed by atoms with E-state index >= 15 is 4.39 Å². The average molecular weight is 636 g/mol. The van der Waals surface area contributed by atoms with Crippen molar-refractivity contribution in [2.45, 2.75) is 45.6 Å². The Kier molecular flexibility index (Phi) is 7.59. The third-order valence-electron chi connectivity index (χ3n) is 8.23. The van der Waals surface area contributed by atoms with Gasteiger partial charge in [0.15, 0.2) is 5.65 Å². The maximum absolute atomic E-state index is 15.4. The van der Waals surface area contributed by atoms with Gasteiger partial charge in [-0.1, -0.05) is 45.4 Å². The van der Waals surface area contributed by atoms with Crippen molar-refractivity contribution in [3.05, 3.63) is 63.3 Å². The summed E-state index contributed by atoms with van der Waals surface area (Å²) >= 11 is 6.82. The molecule has 45 heavy (non-hydrogen) atoms. The van der Waals surface area contributed by atoms with Gasteiger partial charge in [-0.2, -0.15) is 0 Å². The molecule has 1 aromatic carbocycles. The zero-order valence-electron chi connectivity index (χ0n) is 25.3. The van der Waals surface area contributed by atoms with E-state index in [2.05, 4.69) is 15.3 Å². The number of piperazine rings is 1. The van der Waals surface area contributed by atoms with Crippen molar-refractivity contribution >= 4 is 46.0 Å². The number of amides is 2. The number of pyridine rings is 2. The highest BCUT2D eigenvalue weighted by atomic mass is 35.5. The molecule has 0 spiro atoms. The smallest absolute Gasteiger partial charge is 0.407 e. The van der Waals surface area contributed by atoms with Crippen molar-refractivity contribution in [3.8, 4) is 22.6 Å². The van der Waals surface area contributed by atoms with Crippen LogP contribution in [0.3, 0.4) is 0 Å². The number of anilines is 2. The summed E-state index contributed by atoms with van der Waals surface area (Å²) in [6.07, 6.45) is 0.305. The SMILES string of the molecule is COc1cccc(F)c1-c1cc2c3c(c(=O)n(-c4c(C(C)C)ncnc4C(C)C)c2nc1Cl)NC(=O)[C@H]1CN(C(=O)O)CCN31. The molecule has 0 unspecified atom stereocenters. The number of carbonyl (C=O) groups excluding carboxylic acids is 1. The van der Waals surface area contributed by atoms with Gasteiger partial charge >= 0.3 is 6.09 Å². The zero-order chi connectivity index (χ0) is 32.3. The van der Waals surface area contributed by atoms with Gasteiger partial charge in [0, 0.05) is 24.0 Å². The van der Waals surface area contributed by atoms with Gasteiger partial charge in [-0.15, -0.1) is 0 Å². The Morgan fingerprint density at radius 3 is 2.42 bits per heavy atom. The van der Waals surface area contributed by atoms with E-state index < -0.39 is 29.4 Å². The van der Waals surface area contributed by atoms with Crippen molar-refractivity contribution < 1.29 is 23.8 Å². The Labute approximate surface area is 262 Å². The van der Waals surface area contributed by atoms with Gasteiger partial charge in [-0.25, -0.2) is 24.1 Å². The van der Waals surface area contributed by atoms with E-state index in [1.165, 1.54) is 30.1 Å². The zero-order valence-corrected chi connectivity index (χ0v) is 26.0. The number of hydrogen-bond donors (Lipinski definition) is 2. The summed E-state index contributed by atoms with van der Waals surface area (Å²) in [5, 5.41) is 12.7. The van der Waals surface area contributed by atoms with E-state index in [-0.39, 0.29) is 64.8 Å². The Balaban J connectivity index is 1.76. The van der Waals surface area contributed by atoms with Crippen LogP contribution in [0.1, 0.15) is 50.9 Å². The normalized spacial score (nSPS) is 16.2. The molecule has 4 aromatic rings. The second-order valence-electron chi connectivity index (χ2n) is 11.6. The molecule has 12 nitrogen and oxygen atoms in total. The second-order valence-corrected chi connectivity index (χ2v) is 12.0. The first-order chi connectivity index (χ1) is 21.4. The number of nitrogens with one attached hydrogen (secondary N) is 1. The van der Waals surface area contributed by atoms with Gasteiger partial charge in [-0.3, -0.25) is 14.2 Å². The van der Waals surface area contributed by atoms with Crippen LogP contribution in [0, 0.1) is 5.82 Å². The Morgan fingerprint density at radius 2 is 1.80 bits per heavy atom. The van der Waals surface area contributed by atoms with Gasteiger partial charge in [0.25, 0.3) is 5.56 Å². The van der Waals surface area contributed by atoms with Crippen LogP contribution in [-0.2, 0) is 4.79 Å². The van der Waals surface area contributed by atoms with Crippen LogP contribution in [0.5, 0.6) is 5.75 Å².